The summed E-state index contributed by atoms with van der Waals surface area (Å²) in [5, 5.41) is 8.75. The molecule has 2 aromatic rings. The second kappa shape index (κ2) is 5.42. The van der Waals surface area contributed by atoms with Crippen LogP contribution in [-0.4, -0.2) is 21.8 Å². The summed E-state index contributed by atoms with van der Waals surface area (Å²) in [5.41, 5.74) is 1.26. The number of nitrogens with zero attached hydrogens (tertiary/aromatic N) is 3. The lowest BCUT2D eigenvalue weighted by atomic mass is 10.1. The van der Waals surface area contributed by atoms with Gasteiger partial charge in [0, 0.05) is 29.9 Å². The van der Waals surface area contributed by atoms with E-state index in [0.717, 1.165) is 18.0 Å². The van der Waals surface area contributed by atoms with Crippen molar-refractivity contribution in [3.8, 4) is 0 Å². The largest absolute Gasteiger partial charge is 0.312 e. The van der Waals surface area contributed by atoms with E-state index in [1.165, 1.54) is 10.4 Å². The molecule has 0 aliphatic heterocycles. The van der Waals surface area contributed by atoms with E-state index in [1.807, 2.05) is 31.0 Å². The molecule has 0 aliphatic rings. The predicted molar refractivity (Wildman–Crippen MR) is 70.3 cm³/mol. The van der Waals surface area contributed by atoms with E-state index in [0.29, 0.717) is 6.04 Å². The van der Waals surface area contributed by atoms with Gasteiger partial charge < -0.3 is 5.32 Å². The van der Waals surface area contributed by atoms with Crippen molar-refractivity contribution >= 4 is 11.3 Å². The van der Waals surface area contributed by atoms with E-state index in [-0.39, 0.29) is 0 Å². The predicted octanol–water partition coefficient (Wildman–Crippen LogP) is 2.17. The van der Waals surface area contributed by atoms with E-state index in [4.69, 9.17) is 0 Å². The number of thiazole rings is 1. The van der Waals surface area contributed by atoms with Crippen LogP contribution in [0.1, 0.15) is 28.4 Å². The van der Waals surface area contributed by atoms with Gasteiger partial charge in [-0.15, -0.1) is 11.3 Å². The highest BCUT2D eigenvalue weighted by Crippen LogP contribution is 2.23. The van der Waals surface area contributed by atoms with Crippen LogP contribution in [-0.2, 0) is 13.0 Å². The van der Waals surface area contributed by atoms with Gasteiger partial charge in [0.1, 0.15) is 0 Å². The molecule has 1 N–H and O–H groups in total. The van der Waals surface area contributed by atoms with E-state index in [2.05, 4.69) is 28.5 Å². The Bertz CT molecular complexity index is 474. The Morgan fingerprint density at radius 2 is 2.29 bits per heavy atom. The SMILES string of the molecule is CCn1cc(CC(NC)c2cnc(C)s2)cn1. The molecule has 17 heavy (non-hydrogen) atoms. The van der Waals surface area contributed by atoms with Gasteiger partial charge in [-0.2, -0.15) is 5.10 Å². The monoisotopic (exact) mass is 250 g/mol. The highest BCUT2D eigenvalue weighted by molar-refractivity contribution is 7.11. The highest BCUT2D eigenvalue weighted by Gasteiger charge is 2.13. The smallest absolute Gasteiger partial charge is 0.0897 e. The first-order valence-corrected chi connectivity index (χ1v) is 6.65. The number of aryl methyl sites for hydroxylation is 2. The zero-order chi connectivity index (χ0) is 12.3. The maximum atomic E-state index is 4.31. The normalized spacial score (nSPS) is 12.9. The van der Waals surface area contributed by atoms with Crippen molar-refractivity contribution in [3.05, 3.63) is 34.0 Å². The Labute approximate surface area is 106 Å². The number of hydrogen-bond donors (Lipinski definition) is 1. The summed E-state index contributed by atoms with van der Waals surface area (Å²) in [6, 6.07) is 0.329. The molecule has 0 spiro atoms. The molecule has 1 atom stereocenters. The summed E-state index contributed by atoms with van der Waals surface area (Å²) in [6.07, 6.45) is 6.98. The number of hydrogen-bond acceptors (Lipinski definition) is 4. The van der Waals surface area contributed by atoms with E-state index < -0.39 is 0 Å². The van der Waals surface area contributed by atoms with Gasteiger partial charge in [-0.3, -0.25) is 4.68 Å². The summed E-state index contributed by atoms with van der Waals surface area (Å²) in [6.45, 7) is 5.05. The molecular weight excluding hydrogens is 232 g/mol. The highest BCUT2D eigenvalue weighted by atomic mass is 32.1. The summed E-state index contributed by atoms with van der Waals surface area (Å²) in [4.78, 5) is 5.59. The van der Waals surface area contributed by atoms with Crippen LogP contribution in [0.2, 0.25) is 0 Å². The second-order valence-corrected chi connectivity index (χ2v) is 5.30. The van der Waals surface area contributed by atoms with Crippen LogP contribution in [0.3, 0.4) is 0 Å². The Morgan fingerprint density at radius 1 is 1.47 bits per heavy atom. The first-order valence-electron chi connectivity index (χ1n) is 5.83. The number of nitrogens with one attached hydrogen (secondary N) is 1. The molecule has 92 valence electrons. The van der Waals surface area contributed by atoms with Crippen molar-refractivity contribution in [1.82, 2.24) is 20.1 Å². The fraction of sp³-hybridized carbons (Fsp3) is 0.500. The van der Waals surface area contributed by atoms with Crippen molar-refractivity contribution in [3.63, 3.8) is 0 Å². The van der Waals surface area contributed by atoms with Gasteiger partial charge in [-0.25, -0.2) is 4.98 Å². The van der Waals surface area contributed by atoms with Gasteiger partial charge in [0.25, 0.3) is 0 Å². The van der Waals surface area contributed by atoms with Crippen molar-refractivity contribution in [2.75, 3.05) is 7.05 Å². The molecule has 0 amide bonds. The Kier molecular flexibility index (Phi) is 3.91. The molecule has 0 bridgehead atoms. The molecule has 2 heterocycles. The van der Waals surface area contributed by atoms with Gasteiger partial charge in [0.15, 0.2) is 0 Å². The summed E-state index contributed by atoms with van der Waals surface area (Å²) < 4.78 is 1.96. The maximum absolute atomic E-state index is 4.31. The van der Waals surface area contributed by atoms with Gasteiger partial charge >= 0.3 is 0 Å². The van der Waals surface area contributed by atoms with Crippen molar-refractivity contribution in [1.29, 1.82) is 0 Å². The minimum atomic E-state index is 0.329. The van der Waals surface area contributed by atoms with E-state index in [9.17, 15) is 0 Å². The fourth-order valence-corrected chi connectivity index (χ4v) is 2.70. The van der Waals surface area contributed by atoms with Crippen molar-refractivity contribution < 1.29 is 0 Å². The molecule has 0 saturated carbocycles. The molecule has 0 radical (unpaired) electrons. The Morgan fingerprint density at radius 3 is 2.82 bits per heavy atom. The average Bonchev–Trinajstić information content (AvgIpc) is 2.94. The molecule has 0 saturated heterocycles. The van der Waals surface area contributed by atoms with Gasteiger partial charge in [0.05, 0.1) is 11.2 Å². The van der Waals surface area contributed by atoms with E-state index >= 15 is 0 Å². The first kappa shape index (κ1) is 12.3. The summed E-state index contributed by atoms with van der Waals surface area (Å²) in [7, 11) is 1.99. The number of rotatable bonds is 5. The Hall–Kier alpha value is -1.20. The molecular formula is C12H18N4S. The lowest BCUT2D eigenvalue weighted by Crippen LogP contribution is -2.17. The molecule has 0 aromatic carbocycles. The van der Waals surface area contributed by atoms with E-state index in [1.54, 1.807) is 11.3 Å². The molecule has 0 aliphatic carbocycles. The fourth-order valence-electron chi connectivity index (χ4n) is 1.80. The van der Waals surface area contributed by atoms with Gasteiger partial charge in [0.2, 0.25) is 0 Å². The quantitative estimate of drug-likeness (QED) is 0.884. The molecule has 2 aromatic heterocycles. The van der Waals surface area contributed by atoms with Crippen LogP contribution in [0.4, 0.5) is 0 Å². The van der Waals surface area contributed by atoms with Crippen molar-refractivity contribution in [2.24, 2.45) is 0 Å². The zero-order valence-electron chi connectivity index (χ0n) is 10.5. The molecule has 4 nitrogen and oxygen atoms in total. The van der Waals surface area contributed by atoms with Crippen LogP contribution in [0, 0.1) is 6.92 Å². The molecule has 2 rings (SSSR count). The summed E-state index contributed by atoms with van der Waals surface area (Å²) in [5.74, 6) is 0. The topological polar surface area (TPSA) is 42.7 Å². The zero-order valence-corrected chi connectivity index (χ0v) is 11.3. The van der Waals surface area contributed by atoms with Gasteiger partial charge in [-0.1, -0.05) is 0 Å². The number of likely N-dealkylation sites (N-methyl/N-ethyl adjacent to an activating group) is 1. The average molecular weight is 250 g/mol. The minimum absolute atomic E-state index is 0.329. The van der Waals surface area contributed by atoms with Crippen LogP contribution in [0.25, 0.3) is 0 Å². The van der Waals surface area contributed by atoms with Crippen molar-refractivity contribution in [2.45, 2.75) is 32.9 Å². The molecule has 5 heteroatoms. The third-order valence-electron chi connectivity index (χ3n) is 2.78. The lowest BCUT2D eigenvalue weighted by molar-refractivity contribution is 0.599. The van der Waals surface area contributed by atoms with Crippen LogP contribution in [0.5, 0.6) is 0 Å². The molecule has 1 unspecified atom stereocenters. The maximum Gasteiger partial charge on any atom is 0.0897 e. The minimum Gasteiger partial charge on any atom is -0.312 e. The lowest BCUT2D eigenvalue weighted by Gasteiger charge is -2.12. The van der Waals surface area contributed by atoms with Crippen LogP contribution in [0.15, 0.2) is 18.6 Å². The third-order valence-corrected chi connectivity index (χ3v) is 3.81. The third kappa shape index (κ3) is 2.92. The standard InChI is InChI=1S/C12H18N4S/c1-4-16-8-10(6-15-16)5-11(13-3)12-7-14-9(2)17-12/h6-8,11,13H,4-5H2,1-3H3. The Balaban J connectivity index is 2.09. The van der Waals surface area contributed by atoms with Crippen LogP contribution >= 0.6 is 11.3 Å². The number of aromatic nitrogens is 3. The van der Waals surface area contributed by atoms with Crippen LogP contribution < -0.4 is 5.32 Å². The van der Waals surface area contributed by atoms with Gasteiger partial charge in [-0.05, 0) is 32.9 Å². The first-order chi connectivity index (χ1) is 8.22. The second-order valence-electron chi connectivity index (χ2n) is 4.03. The molecule has 0 fully saturated rings. The summed E-state index contributed by atoms with van der Waals surface area (Å²) >= 11 is 1.75.